The molecule has 0 spiro atoms. The van der Waals surface area contributed by atoms with Crippen molar-refractivity contribution in [2.75, 3.05) is 6.54 Å². The second-order valence-corrected chi connectivity index (χ2v) is 5.83. The molecular weight excluding hydrogens is 304 g/mol. The number of aliphatic hydroxyl groups is 1. The molecule has 5 nitrogen and oxygen atoms in total. The Balaban J connectivity index is 1.59. The van der Waals surface area contributed by atoms with Gasteiger partial charge in [0.2, 0.25) is 5.91 Å². The molecule has 1 aliphatic rings. The van der Waals surface area contributed by atoms with Crippen LogP contribution in [0.1, 0.15) is 18.9 Å². The number of nitrogens with zero attached hydrogens (tertiary/aromatic N) is 1. The first-order valence-electron chi connectivity index (χ1n) is 7.98. The molecule has 3 rings (SSSR count). The van der Waals surface area contributed by atoms with Gasteiger partial charge in [0.15, 0.2) is 0 Å². The fraction of sp³-hybridized carbons (Fsp3) is 0.263. The predicted molar refractivity (Wildman–Crippen MR) is 92.6 cm³/mol. The van der Waals surface area contributed by atoms with E-state index in [0.29, 0.717) is 13.0 Å². The largest absolute Gasteiger partial charge is 0.390 e. The molecule has 0 aliphatic carbocycles. The highest BCUT2D eigenvalue weighted by molar-refractivity contribution is 6.01. The van der Waals surface area contributed by atoms with Gasteiger partial charge in [-0.1, -0.05) is 59.8 Å². The number of rotatable bonds is 5. The smallest absolute Gasteiger partial charge is 0.248 e. The topological polar surface area (TPSA) is 70.9 Å². The van der Waals surface area contributed by atoms with Crippen molar-refractivity contribution in [3.8, 4) is 11.1 Å². The van der Waals surface area contributed by atoms with Gasteiger partial charge in [-0.2, -0.15) is 0 Å². The van der Waals surface area contributed by atoms with Crippen molar-refractivity contribution in [1.82, 2.24) is 5.32 Å². The number of carbonyl (C=O) groups excluding carboxylic acids is 1. The van der Waals surface area contributed by atoms with Crippen molar-refractivity contribution >= 4 is 11.6 Å². The minimum absolute atomic E-state index is 0.198. The van der Waals surface area contributed by atoms with Crippen molar-refractivity contribution in [1.29, 1.82) is 0 Å². The first-order chi connectivity index (χ1) is 11.6. The SMILES string of the molecule is C[C@@H](O)C(=O)NC[C@@H]1CC(c2ccc(-c3ccccc3)cc2)=NO1. The molecule has 0 fully saturated rings. The minimum atomic E-state index is -1.02. The van der Waals surface area contributed by atoms with Crippen LogP contribution in [0.5, 0.6) is 0 Å². The van der Waals surface area contributed by atoms with Gasteiger partial charge in [0, 0.05) is 6.42 Å². The second-order valence-electron chi connectivity index (χ2n) is 5.83. The first kappa shape index (κ1) is 16.2. The van der Waals surface area contributed by atoms with Crippen molar-refractivity contribution in [3.05, 3.63) is 60.2 Å². The van der Waals surface area contributed by atoms with Crippen LogP contribution in [0, 0.1) is 0 Å². The lowest BCUT2D eigenvalue weighted by atomic mass is 10.00. The quantitative estimate of drug-likeness (QED) is 0.887. The zero-order valence-electron chi connectivity index (χ0n) is 13.5. The highest BCUT2D eigenvalue weighted by atomic mass is 16.6. The molecule has 0 aromatic heterocycles. The molecule has 1 aliphatic heterocycles. The fourth-order valence-electron chi connectivity index (χ4n) is 2.56. The number of oxime groups is 1. The summed E-state index contributed by atoms with van der Waals surface area (Å²) in [6.07, 6.45) is -0.584. The number of hydrogen-bond acceptors (Lipinski definition) is 4. The number of amides is 1. The molecule has 0 unspecified atom stereocenters. The van der Waals surface area contributed by atoms with Crippen LogP contribution in [-0.4, -0.2) is 35.5 Å². The van der Waals surface area contributed by atoms with Crippen molar-refractivity contribution in [2.45, 2.75) is 25.6 Å². The molecule has 0 bridgehead atoms. The summed E-state index contributed by atoms with van der Waals surface area (Å²) in [6, 6.07) is 18.4. The summed E-state index contributed by atoms with van der Waals surface area (Å²) in [5, 5.41) is 15.9. The number of nitrogens with one attached hydrogen (secondary N) is 1. The Labute approximate surface area is 141 Å². The van der Waals surface area contributed by atoms with E-state index in [0.717, 1.165) is 16.8 Å². The Morgan fingerprint density at radius 1 is 1.17 bits per heavy atom. The number of aliphatic hydroxyl groups excluding tert-OH is 1. The van der Waals surface area contributed by atoms with Crippen LogP contribution in [0.2, 0.25) is 0 Å². The summed E-state index contributed by atoms with van der Waals surface area (Å²) >= 11 is 0. The Bertz CT molecular complexity index is 724. The average molecular weight is 324 g/mol. The van der Waals surface area contributed by atoms with E-state index in [4.69, 9.17) is 9.94 Å². The van der Waals surface area contributed by atoms with Crippen LogP contribution in [0.25, 0.3) is 11.1 Å². The van der Waals surface area contributed by atoms with Crippen molar-refractivity contribution < 1.29 is 14.7 Å². The lowest BCUT2D eigenvalue weighted by Crippen LogP contribution is -2.37. The second kappa shape index (κ2) is 7.27. The van der Waals surface area contributed by atoms with Crippen molar-refractivity contribution in [2.24, 2.45) is 5.16 Å². The van der Waals surface area contributed by atoms with Crippen LogP contribution < -0.4 is 5.32 Å². The maximum atomic E-state index is 11.4. The highest BCUT2D eigenvalue weighted by Crippen LogP contribution is 2.22. The highest BCUT2D eigenvalue weighted by Gasteiger charge is 2.23. The van der Waals surface area contributed by atoms with E-state index in [9.17, 15) is 4.79 Å². The van der Waals surface area contributed by atoms with Crippen LogP contribution >= 0.6 is 0 Å². The van der Waals surface area contributed by atoms with E-state index in [1.807, 2.05) is 30.3 Å². The van der Waals surface area contributed by atoms with E-state index in [1.54, 1.807) is 0 Å². The Kier molecular flexibility index (Phi) is 4.91. The number of hydrogen-bond donors (Lipinski definition) is 2. The molecule has 1 amide bonds. The maximum absolute atomic E-state index is 11.4. The minimum Gasteiger partial charge on any atom is -0.390 e. The Morgan fingerprint density at radius 3 is 2.46 bits per heavy atom. The molecule has 2 aromatic rings. The third kappa shape index (κ3) is 3.81. The van der Waals surface area contributed by atoms with Crippen LogP contribution in [0.4, 0.5) is 0 Å². The van der Waals surface area contributed by atoms with Crippen LogP contribution in [-0.2, 0) is 9.63 Å². The molecule has 2 N–H and O–H groups in total. The summed E-state index contributed by atoms with van der Waals surface area (Å²) in [4.78, 5) is 16.7. The third-order valence-electron chi connectivity index (χ3n) is 3.94. The number of benzene rings is 2. The predicted octanol–water partition coefficient (Wildman–Crippen LogP) is 2.34. The van der Waals surface area contributed by atoms with Gasteiger partial charge < -0.3 is 15.3 Å². The van der Waals surface area contributed by atoms with Gasteiger partial charge in [0.05, 0.1) is 12.3 Å². The zero-order valence-corrected chi connectivity index (χ0v) is 13.5. The van der Waals surface area contributed by atoms with E-state index in [-0.39, 0.29) is 6.10 Å². The molecule has 0 saturated heterocycles. The molecule has 0 radical (unpaired) electrons. The van der Waals surface area contributed by atoms with E-state index < -0.39 is 12.0 Å². The van der Waals surface area contributed by atoms with Gasteiger partial charge in [-0.3, -0.25) is 4.79 Å². The lowest BCUT2D eigenvalue weighted by molar-refractivity contribution is -0.129. The standard InChI is InChI=1S/C19H20N2O3/c1-13(22)19(23)20-12-17-11-18(21-24-17)16-9-7-15(8-10-16)14-5-3-2-4-6-14/h2-10,13,17,22H,11-12H2,1H3,(H,20,23)/t13-,17+/m1/s1. The third-order valence-corrected chi connectivity index (χ3v) is 3.94. The van der Waals surface area contributed by atoms with Gasteiger partial charge >= 0.3 is 0 Å². The van der Waals surface area contributed by atoms with Gasteiger partial charge in [-0.25, -0.2) is 0 Å². The summed E-state index contributed by atoms with van der Waals surface area (Å²) in [5.41, 5.74) is 4.21. The Morgan fingerprint density at radius 2 is 1.79 bits per heavy atom. The molecule has 124 valence electrons. The molecule has 1 heterocycles. The molecule has 2 aromatic carbocycles. The molecular formula is C19H20N2O3. The zero-order chi connectivity index (χ0) is 16.9. The molecule has 0 saturated carbocycles. The normalized spacial score (nSPS) is 17.8. The van der Waals surface area contributed by atoms with Gasteiger partial charge in [0.1, 0.15) is 12.2 Å². The molecule has 24 heavy (non-hydrogen) atoms. The van der Waals surface area contributed by atoms with Gasteiger partial charge in [-0.15, -0.1) is 0 Å². The Hall–Kier alpha value is -2.66. The first-order valence-corrected chi connectivity index (χ1v) is 7.98. The van der Waals surface area contributed by atoms with Gasteiger partial charge in [-0.05, 0) is 23.6 Å². The summed E-state index contributed by atoms with van der Waals surface area (Å²) < 4.78 is 0. The van der Waals surface area contributed by atoms with Crippen LogP contribution in [0.3, 0.4) is 0 Å². The maximum Gasteiger partial charge on any atom is 0.248 e. The number of carbonyl (C=O) groups is 1. The summed E-state index contributed by atoms with van der Waals surface area (Å²) in [6.45, 7) is 1.76. The lowest BCUT2D eigenvalue weighted by Gasteiger charge is -2.11. The van der Waals surface area contributed by atoms with E-state index in [2.05, 4.69) is 34.7 Å². The van der Waals surface area contributed by atoms with Crippen molar-refractivity contribution in [3.63, 3.8) is 0 Å². The monoisotopic (exact) mass is 324 g/mol. The molecule has 5 heteroatoms. The molecule has 2 atom stereocenters. The van der Waals surface area contributed by atoms with E-state index in [1.165, 1.54) is 12.5 Å². The van der Waals surface area contributed by atoms with Gasteiger partial charge in [0.25, 0.3) is 0 Å². The fourth-order valence-corrected chi connectivity index (χ4v) is 2.56. The van der Waals surface area contributed by atoms with Crippen LogP contribution in [0.15, 0.2) is 59.8 Å². The average Bonchev–Trinajstić information content (AvgIpc) is 3.09. The summed E-state index contributed by atoms with van der Waals surface area (Å²) in [5.74, 6) is -0.403. The summed E-state index contributed by atoms with van der Waals surface area (Å²) in [7, 11) is 0. The van der Waals surface area contributed by atoms with E-state index >= 15 is 0 Å².